The van der Waals surface area contributed by atoms with Crippen molar-refractivity contribution in [1.82, 2.24) is 29.9 Å². The molecule has 4 heterocycles. The lowest BCUT2D eigenvalue weighted by atomic mass is 9.91. The second-order valence-corrected chi connectivity index (χ2v) is 8.88. The van der Waals surface area contributed by atoms with Gasteiger partial charge in [0, 0.05) is 49.1 Å². The summed E-state index contributed by atoms with van der Waals surface area (Å²) in [6.45, 7) is 3.32. The molecule has 1 aromatic carbocycles. The number of carbonyl (C=O) groups excluding carboxylic acids is 2. The van der Waals surface area contributed by atoms with E-state index in [0.29, 0.717) is 37.0 Å². The SMILES string of the molecule is CCc1cnccc1-c1cc(C2=CCCN(C(=O)CCn3ccnn3)C2)c(F)c2[nH]c(C(=O)OC)cc12. The summed E-state index contributed by atoms with van der Waals surface area (Å²) in [5.41, 5.74) is 4.22. The number of benzene rings is 1. The smallest absolute Gasteiger partial charge is 0.354 e. The van der Waals surface area contributed by atoms with E-state index in [1.54, 1.807) is 40.4 Å². The highest BCUT2D eigenvalue weighted by Crippen LogP contribution is 2.38. The summed E-state index contributed by atoms with van der Waals surface area (Å²) in [5.74, 6) is -1.07. The number of esters is 1. The molecule has 0 radical (unpaired) electrons. The lowest BCUT2D eigenvalue weighted by Gasteiger charge is -2.28. The number of ether oxygens (including phenoxy) is 1. The second kappa shape index (κ2) is 10.3. The average molecular weight is 503 g/mol. The first kappa shape index (κ1) is 24.4. The van der Waals surface area contributed by atoms with Crippen molar-refractivity contribution in [2.45, 2.75) is 32.7 Å². The largest absolute Gasteiger partial charge is 0.464 e. The summed E-state index contributed by atoms with van der Waals surface area (Å²) in [6, 6.07) is 5.34. The third-order valence-electron chi connectivity index (χ3n) is 6.71. The predicted octanol–water partition coefficient (Wildman–Crippen LogP) is 4.02. The minimum absolute atomic E-state index is 0.0296. The normalized spacial score (nSPS) is 13.6. The van der Waals surface area contributed by atoms with E-state index in [-0.39, 0.29) is 23.5 Å². The van der Waals surface area contributed by atoms with Gasteiger partial charge in [0.05, 0.1) is 25.4 Å². The van der Waals surface area contributed by atoms with Crippen molar-refractivity contribution in [2.24, 2.45) is 0 Å². The molecule has 0 atom stereocenters. The Kier molecular flexibility index (Phi) is 6.80. The maximum absolute atomic E-state index is 16.0. The van der Waals surface area contributed by atoms with Crippen LogP contribution in [-0.2, 0) is 22.5 Å². The molecule has 0 unspecified atom stereocenters. The van der Waals surface area contributed by atoms with Crippen molar-refractivity contribution in [3.05, 3.63) is 71.7 Å². The number of H-pyrrole nitrogens is 1. The monoisotopic (exact) mass is 502 g/mol. The van der Waals surface area contributed by atoms with Crippen LogP contribution in [0.5, 0.6) is 0 Å². The number of hydrogen-bond acceptors (Lipinski definition) is 6. The summed E-state index contributed by atoms with van der Waals surface area (Å²) in [7, 11) is 1.29. The van der Waals surface area contributed by atoms with E-state index in [9.17, 15) is 9.59 Å². The first-order valence-electron chi connectivity index (χ1n) is 12.2. The first-order chi connectivity index (χ1) is 18.0. The summed E-state index contributed by atoms with van der Waals surface area (Å²) >= 11 is 0. The van der Waals surface area contributed by atoms with Crippen molar-refractivity contribution >= 4 is 28.4 Å². The minimum Gasteiger partial charge on any atom is -0.464 e. The van der Waals surface area contributed by atoms with E-state index in [1.165, 1.54) is 7.11 Å². The Morgan fingerprint density at radius 3 is 2.81 bits per heavy atom. The molecule has 10 heteroatoms. The van der Waals surface area contributed by atoms with Gasteiger partial charge in [-0.15, -0.1) is 5.10 Å². The van der Waals surface area contributed by atoms with Crippen molar-refractivity contribution in [3.63, 3.8) is 0 Å². The average Bonchev–Trinajstić information content (AvgIpc) is 3.62. The fraction of sp³-hybridized carbons (Fsp3) is 0.296. The number of aryl methyl sites for hydroxylation is 2. The first-order valence-corrected chi connectivity index (χ1v) is 12.2. The molecular formula is C27H27FN6O3. The lowest BCUT2D eigenvalue weighted by molar-refractivity contribution is -0.131. The Labute approximate surface area is 212 Å². The molecule has 4 aromatic rings. The molecule has 0 saturated heterocycles. The quantitative estimate of drug-likeness (QED) is 0.383. The van der Waals surface area contributed by atoms with Crippen molar-refractivity contribution in [2.75, 3.05) is 20.2 Å². The number of aromatic amines is 1. The van der Waals surface area contributed by atoms with Gasteiger partial charge in [0.25, 0.3) is 0 Å². The van der Waals surface area contributed by atoms with Gasteiger partial charge >= 0.3 is 5.97 Å². The van der Waals surface area contributed by atoms with Crippen molar-refractivity contribution in [1.29, 1.82) is 0 Å². The molecule has 0 aliphatic carbocycles. The molecule has 0 bridgehead atoms. The van der Waals surface area contributed by atoms with Crippen molar-refractivity contribution in [3.8, 4) is 11.1 Å². The van der Waals surface area contributed by atoms with Gasteiger partial charge in [0.15, 0.2) is 5.82 Å². The zero-order valence-corrected chi connectivity index (χ0v) is 20.7. The highest BCUT2D eigenvalue weighted by atomic mass is 19.1. The molecule has 1 amide bonds. The van der Waals surface area contributed by atoms with Gasteiger partial charge in [-0.1, -0.05) is 18.2 Å². The Balaban J connectivity index is 1.54. The number of methoxy groups -OCH3 is 1. The Morgan fingerprint density at radius 1 is 1.19 bits per heavy atom. The molecule has 5 rings (SSSR count). The number of amides is 1. The van der Waals surface area contributed by atoms with E-state index < -0.39 is 11.8 Å². The van der Waals surface area contributed by atoms with Crippen LogP contribution < -0.4 is 0 Å². The number of rotatable bonds is 7. The molecule has 1 aliphatic heterocycles. The molecule has 37 heavy (non-hydrogen) atoms. The minimum atomic E-state index is -0.574. The van der Waals surface area contributed by atoms with E-state index in [0.717, 1.165) is 28.7 Å². The summed E-state index contributed by atoms with van der Waals surface area (Å²) in [6.07, 6.45) is 10.4. The van der Waals surface area contributed by atoms with Gasteiger partial charge in [-0.25, -0.2) is 9.18 Å². The van der Waals surface area contributed by atoms with Crippen LogP contribution in [0.25, 0.3) is 27.6 Å². The van der Waals surface area contributed by atoms with Crippen molar-refractivity contribution < 1.29 is 18.7 Å². The highest BCUT2D eigenvalue weighted by Gasteiger charge is 2.25. The molecule has 1 N–H and O–H groups in total. The molecule has 3 aromatic heterocycles. The number of aromatic nitrogens is 5. The van der Waals surface area contributed by atoms with Gasteiger partial charge in [0.1, 0.15) is 5.69 Å². The molecule has 0 fully saturated rings. The van der Waals surface area contributed by atoms with Gasteiger partial charge in [-0.3, -0.25) is 14.5 Å². The molecule has 9 nitrogen and oxygen atoms in total. The maximum Gasteiger partial charge on any atom is 0.354 e. The number of nitrogens with one attached hydrogen (secondary N) is 1. The van der Waals surface area contributed by atoms with E-state index in [2.05, 4.69) is 20.3 Å². The van der Waals surface area contributed by atoms with Crippen LogP contribution in [0.4, 0.5) is 4.39 Å². The third kappa shape index (κ3) is 4.74. The lowest BCUT2D eigenvalue weighted by Crippen LogP contribution is -2.36. The Morgan fingerprint density at radius 2 is 2.05 bits per heavy atom. The van der Waals surface area contributed by atoms with E-state index in [1.807, 2.05) is 25.1 Å². The number of fused-ring (bicyclic) bond motifs is 1. The predicted molar refractivity (Wildman–Crippen MR) is 136 cm³/mol. The van der Waals surface area contributed by atoms with E-state index in [4.69, 9.17) is 4.74 Å². The highest BCUT2D eigenvalue weighted by molar-refractivity contribution is 6.03. The van der Waals surface area contributed by atoms with E-state index >= 15 is 4.39 Å². The standard InChI is InChI=1S/C27H27FN6O3/c1-3-17-15-29-8-6-19(17)21-13-20(25(28)26-22(21)14-23(31-26)27(36)37-2)18-5-4-10-33(16-18)24(35)7-11-34-12-9-30-32-34/h5-6,8-9,12-15,31H,3-4,7,10-11,16H2,1-2H3. The summed E-state index contributed by atoms with van der Waals surface area (Å²) < 4.78 is 22.5. The number of hydrogen-bond donors (Lipinski definition) is 1. The van der Waals surface area contributed by atoms with Crippen LogP contribution in [0.1, 0.15) is 41.4 Å². The number of pyridine rings is 1. The van der Waals surface area contributed by atoms with Gasteiger partial charge < -0.3 is 14.6 Å². The molecule has 0 saturated carbocycles. The zero-order valence-electron chi connectivity index (χ0n) is 20.7. The van der Waals surface area contributed by atoms with Crippen LogP contribution >= 0.6 is 0 Å². The van der Waals surface area contributed by atoms with Crippen LogP contribution in [0.2, 0.25) is 0 Å². The van der Waals surface area contributed by atoms with Gasteiger partial charge in [-0.2, -0.15) is 0 Å². The summed E-state index contributed by atoms with van der Waals surface area (Å²) in [5, 5.41) is 8.25. The molecule has 1 aliphatic rings. The van der Waals surface area contributed by atoms with Gasteiger partial charge in [-0.05, 0) is 53.3 Å². The molecule has 0 spiro atoms. The summed E-state index contributed by atoms with van der Waals surface area (Å²) in [4.78, 5) is 34.1. The number of carbonyl (C=O) groups is 2. The molecule has 190 valence electrons. The maximum atomic E-state index is 16.0. The number of nitrogens with zero attached hydrogens (tertiary/aromatic N) is 5. The van der Waals surface area contributed by atoms with Crippen LogP contribution in [0.15, 0.2) is 49.1 Å². The van der Waals surface area contributed by atoms with Crippen LogP contribution in [0, 0.1) is 5.82 Å². The molecular weight excluding hydrogens is 475 g/mol. The number of halogens is 1. The van der Waals surface area contributed by atoms with Crippen LogP contribution in [-0.4, -0.2) is 61.9 Å². The Bertz CT molecular complexity index is 1490. The fourth-order valence-corrected chi connectivity index (χ4v) is 4.78. The Hall–Kier alpha value is -4.34. The fourth-order valence-electron chi connectivity index (χ4n) is 4.78. The van der Waals surface area contributed by atoms with Crippen LogP contribution in [0.3, 0.4) is 0 Å². The topological polar surface area (TPSA) is 106 Å². The second-order valence-electron chi connectivity index (χ2n) is 8.88. The van der Waals surface area contributed by atoms with Gasteiger partial charge in [0.2, 0.25) is 5.91 Å². The zero-order chi connectivity index (χ0) is 25.9. The third-order valence-corrected chi connectivity index (χ3v) is 6.71.